The molecule has 1 aromatic rings. The number of ketones is 1. The van der Waals surface area contributed by atoms with Crippen molar-refractivity contribution in [3.8, 4) is 0 Å². The van der Waals surface area contributed by atoms with Gasteiger partial charge in [0.1, 0.15) is 0 Å². The Balaban J connectivity index is 2.14. The number of rotatable bonds is 3. The van der Waals surface area contributed by atoms with Crippen LogP contribution in [0.25, 0.3) is 0 Å². The van der Waals surface area contributed by atoms with Gasteiger partial charge in [0.2, 0.25) is 0 Å². The van der Waals surface area contributed by atoms with Gasteiger partial charge in [-0.05, 0) is 25.6 Å². The lowest BCUT2D eigenvalue weighted by Gasteiger charge is -2.36. The standard InChI is InChI=1S/C16H24N2O/c1-12(2)13-5-7-14(8-6-13)16(19)15-11-17(3)9-10-18(15)4/h5-8,12,15H,9-11H2,1-4H3. The van der Waals surface area contributed by atoms with Gasteiger partial charge in [0.25, 0.3) is 0 Å². The summed E-state index contributed by atoms with van der Waals surface area (Å²) in [5.74, 6) is 0.747. The number of nitrogens with zero attached hydrogens (tertiary/aromatic N) is 2. The van der Waals surface area contributed by atoms with Gasteiger partial charge in [0.15, 0.2) is 5.78 Å². The minimum absolute atomic E-state index is 0.0105. The topological polar surface area (TPSA) is 23.6 Å². The first-order valence-corrected chi connectivity index (χ1v) is 7.02. The molecule has 3 nitrogen and oxygen atoms in total. The van der Waals surface area contributed by atoms with Gasteiger partial charge < -0.3 is 4.90 Å². The van der Waals surface area contributed by atoms with Crippen LogP contribution in [0.3, 0.4) is 0 Å². The second kappa shape index (κ2) is 5.85. The second-order valence-corrected chi connectivity index (χ2v) is 5.90. The van der Waals surface area contributed by atoms with Crippen molar-refractivity contribution in [1.82, 2.24) is 9.80 Å². The third-order valence-corrected chi connectivity index (χ3v) is 4.02. The lowest BCUT2D eigenvalue weighted by molar-refractivity contribution is 0.0686. The van der Waals surface area contributed by atoms with Crippen molar-refractivity contribution in [3.63, 3.8) is 0 Å². The predicted octanol–water partition coefficient (Wildman–Crippen LogP) is 2.24. The average Bonchev–Trinajstić information content (AvgIpc) is 2.41. The number of likely N-dealkylation sites (N-methyl/N-ethyl adjacent to an activating group) is 2. The first-order chi connectivity index (χ1) is 8.99. The third-order valence-electron chi connectivity index (χ3n) is 4.02. The zero-order chi connectivity index (χ0) is 14.0. The smallest absolute Gasteiger partial charge is 0.181 e. The van der Waals surface area contributed by atoms with Gasteiger partial charge in [-0.1, -0.05) is 38.1 Å². The van der Waals surface area contributed by atoms with E-state index in [4.69, 9.17) is 0 Å². The molecule has 1 aliphatic heterocycles. The van der Waals surface area contributed by atoms with Crippen LogP contribution in [0.15, 0.2) is 24.3 Å². The van der Waals surface area contributed by atoms with Gasteiger partial charge in [-0.3, -0.25) is 9.69 Å². The molecule has 1 atom stereocenters. The van der Waals surface area contributed by atoms with Crippen LogP contribution in [0.1, 0.15) is 35.7 Å². The Morgan fingerprint density at radius 3 is 2.37 bits per heavy atom. The van der Waals surface area contributed by atoms with Gasteiger partial charge in [0, 0.05) is 25.2 Å². The van der Waals surface area contributed by atoms with Crippen molar-refractivity contribution in [1.29, 1.82) is 0 Å². The van der Waals surface area contributed by atoms with Crippen LogP contribution in [0.2, 0.25) is 0 Å². The van der Waals surface area contributed by atoms with E-state index in [0.29, 0.717) is 5.92 Å². The molecule has 0 aliphatic carbocycles. The zero-order valence-corrected chi connectivity index (χ0v) is 12.4. The second-order valence-electron chi connectivity index (χ2n) is 5.90. The number of Topliss-reactive ketones (excluding diaryl/α,β-unsaturated/α-hetero) is 1. The maximum Gasteiger partial charge on any atom is 0.181 e. The number of benzene rings is 1. The van der Waals surface area contributed by atoms with Crippen molar-refractivity contribution in [2.75, 3.05) is 33.7 Å². The van der Waals surface area contributed by atoms with E-state index in [1.807, 2.05) is 19.2 Å². The van der Waals surface area contributed by atoms with E-state index in [9.17, 15) is 4.79 Å². The minimum Gasteiger partial charge on any atom is -0.303 e. The van der Waals surface area contributed by atoms with Gasteiger partial charge in [-0.25, -0.2) is 0 Å². The summed E-state index contributed by atoms with van der Waals surface area (Å²) < 4.78 is 0. The molecule has 0 aromatic heterocycles. The van der Waals surface area contributed by atoms with Crippen molar-refractivity contribution in [2.45, 2.75) is 25.8 Å². The summed E-state index contributed by atoms with van der Waals surface area (Å²) in [4.78, 5) is 17.0. The number of carbonyl (C=O) groups is 1. The van der Waals surface area contributed by atoms with Crippen molar-refractivity contribution >= 4 is 5.78 Å². The summed E-state index contributed by atoms with van der Waals surface area (Å²) in [6.07, 6.45) is 0. The molecule has 104 valence electrons. The molecule has 1 heterocycles. The van der Waals surface area contributed by atoms with E-state index >= 15 is 0 Å². The first kappa shape index (κ1) is 14.2. The molecule has 19 heavy (non-hydrogen) atoms. The molecule has 0 spiro atoms. The van der Waals surface area contributed by atoms with E-state index in [1.165, 1.54) is 5.56 Å². The van der Waals surface area contributed by atoms with Crippen LogP contribution in [-0.2, 0) is 0 Å². The molecule has 1 aromatic carbocycles. The van der Waals surface area contributed by atoms with E-state index in [1.54, 1.807) is 0 Å². The van der Waals surface area contributed by atoms with Crippen LogP contribution in [0.4, 0.5) is 0 Å². The molecule has 0 bridgehead atoms. The highest BCUT2D eigenvalue weighted by molar-refractivity contribution is 6.00. The highest BCUT2D eigenvalue weighted by Crippen LogP contribution is 2.17. The fraction of sp³-hybridized carbons (Fsp3) is 0.562. The number of piperazine rings is 1. The monoisotopic (exact) mass is 260 g/mol. The Kier molecular flexibility index (Phi) is 4.38. The van der Waals surface area contributed by atoms with Gasteiger partial charge in [0.05, 0.1) is 6.04 Å². The quantitative estimate of drug-likeness (QED) is 0.779. The van der Waals surface area contributed by atoms with Crippen LogP contribution in [0.5, 0.6) is 0 Å². The summed E-state index contributed by atoms with van der Waals surface area (Å²) in [7, 11) is 4.12. The summed E-state index contributed by atoms with van der Waals surface area (Å²) in [5, 5.41) is 0. The molecule has 0 N–H and O–H groups in total. The molecule has 0 amide bonds. The minimum atomic E-state index is -0.0105. The number of carbonyl (C=O) groups excluding carboxylic acids is 1. The Hall–Kier alpha value is -1.19. The van der Waals surface area contributed by atoms with E-state index in [-0.39, 0.29) is 11.8 Å². The maximum absolute atomic E-state index is 12.6. The fourth-order valence-electron chi connectivity index (χ4n) is 2.52. The van der Waals surface area contributed by atoms with Crippen molar-refractivity contribution < 1.29 is 4.79 Å². The van der Waals surface area contributed by atoms with Crippen molar-refractivity contribution in [3.05, 3.63) is 35.4 Å². The van der Waals surface area contributed by atoms with Crippen LogP contribution in [-0.4, -0.2) is 55.4 Å². The molecule has 1 unspecified atom stereocenters. The first-order valence-electron chi connectivity index (χ1n) is 7.02. The SMILES string of the molecule is CC(C)c1ccc(C(=O)C2CN(C)CCN2C)cc1. The third kappa shape index (κ3) is 3.23. The summed E-state index contributed by atoms with van der Waals surface area (Å²) in [6.45, 7) is 7.15. The fourth-order valence-corrected chi connectivity index (χ4v) is 2.52. The Morgan fingerprint density at radius 1 is 1.16 bits per heavy atom. The molecule has 3 heteroatoms. The predicted molar refractivity (Wildman–Crippen MR) is 78.8 cm³/mol. The number of hydrogen-bond donors (Lipinski definition) is 0. The van der Waals surface area contributed by atoms with Gasteiger partial charge in [-0.2, -0.15) is 0 Å². The van der Waals surface area contributed by atoms with Crippen LogP contribution in [0, 0.1) is 0 Å². The normalized spacial score (nSPS) is 21.8. The molecule has 1 saturated heterocycles. The lowest BCUT2D eigenvalue weighted by atomic mass is 9.97. The van der Waals surface area contributed by atoms with Gasteiger partial charge >= 0.3 is 0 Å². The zero-order valence-electron chi connectivity index (χ0n) is 12.4. The Bertz CT molecular complexity index is 439. The molecular formula is C16H24N2O. The highest BCUT2D eigenvalue weighted by Gasteiger charge is 2.29. The Labute approximate surface area is 116 Å². The molecule has 1 fully saturated rings. The summed E-state index contributed by atoms with van der Waals surface area (Å²) >= 11 is 0. The average molecular weight is 260 g/mol. The molecule has 0 saturated carbocycles. The molecule has 0 radical (unpaired) electrons. The molecular weight excluding hydrogens is 236 g/mol. The van der Waals surface area contributed by atoms with Crippen LogP contribution < -0.4 is 0 Å². The summed E-state index contributed by atoms with van der Waals surface area (Å²) in [5.41, 5.74) is 2.11. The van der Waals surface area contributed by atoms with Crippen molar-refractivity contribution in [2.24, 2.45) is 0 Å². The van der Waals surface area contributed by atoms with E-state index < -0.39 is 0 Å². The lowest BCUT2D eigenvalue weighted by Crippen LogP contribution is -2.53. The van der Waals surface area contributed by atoms with Crippen LogP contribution >= 0.6 is 0 Å². The maximum atomic E-state index is 12.6. The van der Waals surface area contributed by atoms with E-state index in [2.05, 4.69) is 42.8 Å². The van der Waals surface area contributed by atoms with E-state index in [0.717, 1.165) is 25.2 Å². The number of hydrogen-bond acceptors (Lipinski definition) is 3. The molecule has 1 aliphatic rings. The Morgan fingerprint density at radius 2 is 1.79 bits per heavy atom. The summed E-state index contributed by atoms with van der Waals surface area (Å²) in [6, 6.07) is 8.08. The van der Waals surface area contributed by atoms with Gasteiger partial charge in [-0.15, -0.1) is 0 Å². The largest absolute Gasteiger partial charge is 0.303 e. The molecule has 2 rings (SSSR count). The highest BCUT2D eigenvalue weighted by atomic mass is 16.1.